The molecule has 1 unspecified atom stereocenters. The number of benzene rings is 1. The maximum absolute atomic E-state index is 12.8. The summed E-state index contributed by atoms with van der Waals surface area (Å²) in [6, 6.07) is 4.36. The zero-order valence-electron chi connectivity index (χ0n) is 17.3. The largest absolute Gasteiger partial charge is 0.388 e. The molecule has 3 N–H and O–H groups in total. The Morgan fingerprint density at radius 1 is 1.29 bits per heavy atom. The van der Waals surface area contributed by atoms with Crippen LogP contribution in [0.15, 0.2) is 53.1 Å². The van der Waals surface area contributed by atoms with Gasteiger partial charge in [0.2, 0.25) is 5.91 Å². The normalized spacial score (nSPS) is 19.3. The highest BCUT2D eigenvalue weighted by molar-refractivity contribution is 6.31. The van der Waals surface area contributed by atoms with Crippen LogP contribution >= 0.6 is 11.6 Å². The number of nitrogens with two attached hydrogens (primary N) is 1. The number of piperidine rings is 1. The van der Waals surface area contributed by atoms with Crippen LogP contribution in [0.25, 0.3) is 10.9 Å². The van der Waals surface area contributed by atoms with Gasteiger partial charge in [0, 0.05) is 18.1 Å². The van der Waals surface area contributed by atoms with Gasteiger partial charge in [-0.05, 0) is 50.3 Å². The average Bonchev–Trinajstić information content (AvgIpc) is 2.76. The lowest BCUT2D eigenvalue weighted by Crippen LogP contribution is -2.53. The molecule has 1 aliphatic heterocycles. The molecule has 2 aromatic rings. The van der Waals surface area contributed by atoms with E-state index in [9.17, 15) is 14.7 Å². The summed E-state index contributed by atoms with van der Waals surface area (Å²) in [7, 11) is 0. The van der Waals surface area contributed by atoms with Gasteiger partial charge in [0.15, 0.2) is 0 Å². The van der Waals surface area contributed by atoms with Gasteiger partial charge in [-0.1, -0.05) is 35.4 Å². The van der Waals surface area contributed by atoms with E-state index >= 15 is 0 Å². The SMILES string of the molecule is NC(CC1=CCCC=C1)C(=O)N1CCC(O)(Cn2cnc3cc(Cl)ccc3c2=O)CC1. The summed E-state index contributed by atoms with van der Waals surface area (Å²) >= 11 is 5.97. The Labute approximate surface area is 185 Å². The maximum Gasteiger partial charge on any atom is 0.261 e. The van der Waals surface area contributed by atoms with Gasteiger partial charge in [-0.2, -0.15) is 0 Å². The van der Waals surface area contributed by atoms with E-state index in [4.69, 9.17) is 17.3 Å². The topological polar surface area (TPSA) is 101 Å². The molecule has 1 aromatic carbocycles. The second-order valence-corrected chi connectivity index (χ2v) is 8.89. The minimum absolute atomic E-state index is 0.0941. The molecule has 7 nitrogen and oxygen atoms in total. The lowest BCUT2D eigenvalue weighted by molar-refractivity contribution is -0.137. The molecule has 1 aliphatic carbocycles. The molecule has 4 rings (SSSR count). The third-order valence-electron chi connectivity index (χ3n) is 6.10. The second kappa shape index (κ2) is 8.94. The number of aliphatic hydroxyl groups is 1. The summed E-state index contributed by atoms with van der Waals surface area (Å²) in [6.07, 6.45) is 11.0. The fraction of sp³-hybridized carbons (Fsp3) is 0.435. The summed E-state index contributed by atoms with van der Waals surface area (Å²) in [5.41, 5.74) is 6.49. The molecule has 0 radical (unpaired) electrons. The van der Waals surface area contributed by atoms with Gasteiger partial charge in [0.05, 0.1) is 35.4 Å². The van der Waals surface area contributed by atoms with Gasteiger partial charge in [0.1, 0.15) is 0 Å². The smallest absolute Gasteiger partial charge is 0.261 e. The molecule has 0 bridgehead atoms. The van der Waals surface area contributed by atoms with Crippen LogP contribution in [0.4, 0.5) is 0 Å². The number of carbonyl (C=O) groups is 1. The van der Waals surface area contributed by atoms with Gasteiger partial charge in [-0.15, -0.1) is 0 Å². The van der Waals surface area contributed by atoms with E-state index in [1.165, 1.54) is 10.9 Å². The molecule has 8 heteroatoms. The van der Waals surface area contributed by atoms with Crippen LogP contribution in [-0.2, 0) is 11.3 Å². The molecular formula is C23H27ClN4O3. The van der Waals surface area contributed by atoms with E-state index < -0.39 is 11.6 Å². The Kier molecular flexibility index (Phi) is 6.27. The van der Waals surface area contributed by atoms with E-state index in [1.54, 1.807) is 23.1 Å². The first-order chi connectivity index (χ1) is 14.8. The van der Waals surface area contributed by atoms with Gasteiger partial charge >= 0.3 is 0 Å². The molecule has 0 spiro atoms. The summed E-state index contributed by atoms with van der Waals surface area (Å²) in [6.45, 7) is 0.940. The molecule has 1 amide bonds. The molecule has 1 aromatic heterocycles. The third-order valence-corrected chi connectivity index (χ3v) is 6.34. The van der Waals surface area contributed by atoms with E-state index in [0.29, 0.717) is 48.3 Å². The molecule has 1 fully saturated rings. The Hall–Kier alpha value is -2.48. The Morgan fingerprint density at radius 2 is 2.06 bits per heavy atom. The molecule has 31 heavy (non-hydrogen) atoms. The first kappa shape index (κ1) is 21.7. The number of halogens is 1. The summed E-state index contributed by atoms with van der Waals surface area (Å²) in [5.74, 6) is -0.0941. The van der Waals surface area contributed by atoms with Crippen LogP contribution in [0.5, 0.6) is 0 Å². The zero-order valence-corrected chi connectivity index (χ0v) is 18.1. The third kappa shape index (κ3) is 4.89. The highest BCUT2D eigenvalue weighted by Crippen LogP contribution is 2.25. The van der Waals surface area contributed by atoms with E-state index in [-0.39, 0.29) is 18.0 Å². The number of aromatic nitrogens is 2. The number of hydrogen-bond donors (Lipinski definition) is 2. The van der Waals surface area contributed by atoms with Crippen LogP contribution in [0, 0.1) is 0 Å². The molecule has 2 heterocycles. The van der Waals surface area contributed by atoms with Gasteiger partial charge in [-0.25, -0.2) is 4.98 Å². The van der Waals surface area contributed by atoms with Gasteiger partial charge < -0.3 is 15.7 Å². The van der Waals surface area contributed by atoms with Crippen molar-refractivity contribution in [3.05, 3.63) is 63.7 Å². The van der Waals surface area contributed by atoms with Gasteiger partial charge in [0.25, 0.3) is 5.56 Å². The maximum atomic E-state index is 12.8. The van der Waals surface area contributed by atoms with Crippen molar-refractivity contribution in [2.75, 3.05) is 13.1 Å². The molecule has 0 saturated carbocycles. The van der Waals surface area contributed by atoms with Crippen molar-refractivity contribution in [1.82, 2.24) is 14.5 Å². The summed E-state index contributed by atoms with van der Waals surface area (Å²) < 4.78 is 1.43. The lowest BCUT2D eigenvalue weighted by atomic mass is 9.90. The number of carbonyl (C=O) groups excluding carboxylic acids is 1. The average molecular weight is 443 g/mol. The minimum Gasteiger partial charge on any atom is -0.388 e. The second-order valence-electron chi connectivity index (χ2n) is 8.46. The highest BCUT2D eigenvalue weighted by atomic mass is 35.5. The van der Waals surface area contributed by atoms with Gasteiger partial charge in [-0.3, -0.25) is 14.2 Å². The Bertz CT molecular complexity index is 1100. The summed E-state index contributed by atoms with van der Waals surface area (Å²) in [4.78, 5) is 31.6. The molecular weight excluding hydrogens is 416 g/mol. The monoisotopic (exact) mass is 442 g/mol. The van der Waals surface area contributed by atoms with Crippen molar-refractivity contribution >= 4 is 28.4 Å². The number of allylic oxidation sites excluding steroid dienone is 3. The summed E-state index contributed by atoms with van der Waals surface area (Å²) in [5, 5.41) is 12.0. The van der Waals surface area contributed by atoms with Crippen LogP contribution in [0.3, 0.4) is 0 Å². The Morgan fingerprint density at radius 3 is 2.77 bits per heavy atom. The first-order valence-corrected chi connectivity index (χ1v) is 11.0. The number of nitrogens with zero attached hydrogens (tertiary/aromatic N) is 3. The van der Waals surface area contributed by atoms with Crippen LogP contribution in [0.2, 0.25) is 5.02 Å². The minimum atomic E-state index is -1.08. The predicted molar refractivity (Wildman–Crippen MR) is 121 cm³/mol. The standard InChI is InChI=1S/C23H27ClN4O3/c24-17-6-7-18-20(13-17)26-15-28(21(18)29)14-23(31)8-10-27(11-9-23)22(30)19(25)12-16-4-2-1-3-5-16/h2,4-7,13,15,19,31H,1,3,8-12,14,25H2. The quantitative estimate of drug-likeness (QED) is 0.740. The number of amides is 1. The zero-order chi connectivity index (χ0) is 22.0. The fourth-order valence-corrected chi connectivity index (χ4v) is 4.42. The predicted octanol–water partition coefficient (Wildman–Crippen LogP) is 2.40. The van der Waals surface area contributed by atoms with Crippen molar-refractivity contribution in [1.29, 1.82) is 0 Å². The van der Waals surface area contributed by atoms with E-state index in [1.807, 2.05) is 6.08 Å². The lowest BCUT2D eigenvalue weighted by Gasteiger charge is -2.39. The number of hydrogen-bond acceptors (Lipinski definition) is 5. The molecule has 1 saturated heterocycles. The first-order valence-electron chi connectivity index (χ1n) is 10.6. The Balaban J connectivity index is 1.39. The van der Waals surface area contributed by atoms with Crippen molar-refractivity contribution in [3.8, 4) is 0 Å². The van der Waals surface area contributed by atoms with E-state index in [2.05, 4.69) is 17.1 Å². The van der Waals surface area contributed by atoms with Crippen molar-refractivity contribution in [3.63, 3.8) is 0 Å². The van der Waals surface area contributed by atoms with Crippen molar-refractivity contribution < 1.29 is 9.90 Å². The highest BCUT2D eigenvalue weighted by Gasteiger charge is 2.36. The van der Waals surface area contributed by atoms with Crippen LogP contribution < -0.4 is 11.3 Å². The molecule has 2 aliphatic rings. The van der Waals surface area contributed by atoms with Crippen molar-refractivity contribution in [2.45, 2.75) is 50.3 Å². The van der Waals surface area contributed by atoms with Crippen molar-refractivity contribution in [2.24, 2.45) is 5.73 Å². The molecule has 164 valence electrons. The van der Waals surface area contributed by atoms with Crippen LogP contribution in [0.1, 0.15) is 32.1 Å². The van der Waals surface area contributed by atoms with Crippen LogP contribution in [-0.4, -0.2) is 50.2 Å². The fourth-order valence-electron chi connectivity index (χ4n) is 4.26. The number of likely N-dealkylation sites (tertiary alicyclic amines) is 1. The number of fused-ring (bicyclic) bond motifs is 1. The van der Waals surface area contributed by atoms with E-state index in [0.717, 1.165) is 18.4 Å². The molecule has 1 atom stereocenters. The number of rotatable bonds is 5.